The molecule has 158 valence electrons. The average Bonchev–Trinajstić information content (AvgIpc) is 3.24. The molecule has 32 heavy (non-hydrogen) atoms. The van der Waals surface area contributed by atoms with E-state index < -0.39 is 10.8 Å². The number of anilines is 2. The number of hydrogen-bond donors (Lipinski definition) is 2. The third-order valence-corrected chi connectivity index (χ3v) is 4.57. The van der Waals surface area contributed by atoms with E-state index >= 15 is 0 Å². The molecule has 0 saturated heterocycles. The molecule has 4 rings (SSSR count). The molecule has 0 radical (unpaired) electrons. The van der Waals surface area contributed by atoms with Gasteiger partial charge in [0.1, 0.15) is 5.58 Å². The van der Waals surface area contributed by atoms with Crippen molar-refractivity contribution in [3.05, 3.63) is 106 Å². The minimum absolute atomic E-state index is 0.0483. The zero-order valence-electron chi connectivity index (χ0n) is 16.6. The highest BCUT2D eigenvalue weighted by atomic mass is 16.6. The van der Waals surface area contributed by atoms with Crippen LogP contribution in [-0.4, -0.2) is 16.7 Å². The van der Waals surface area contributed by atoms with E-state index in [-0.39, 0.29) is 17.4 Å². The Morgan fingerprint density at radius 1 is 0.875 bits per heavy atom. The van der Waals surface area contributed by atoms with Crippen molar-refractivity contribution in [2.24, 2.45) is 0 Å². The lowest BCUT2D eigenvalue weighted by Gasteiger charge is -2.06. The van der Waals surface area contributed by atoms with Gasteiger partial charge in [-0.1, -0.05) is 30.3 Å². The van der Waals surface area contributed by atoms with Gasteiger partial charge in [-0.3, -0.25) is 19.7 Å². The fraction of sp³-hybridized carbons (Fsp3) is 0. The smallest absolute Gasteiger partial charge is 0.291 e. The van der Waals surface area contributed by atoms with E-state index in [1.54, 1.807) is 48.5 Å². The quantitative estimate of drug-likeness (QED) is 0.248. The van der Waals surface area contributed by atoms with Gasteiger partial charge in [-0.05, 0) is 48.0 Å². The number of fused-ring (bicyclic) bond motifs is 1. The van der Waals surface area contributed by atoms with E-state index in [9.17, 15) is 19.7 Å². The Kier molecular flexibility index (Phi) is 5.76. The standard InChI is InChI=1S/C24H17N3O5/c28-23(13-8-16-4-3-6-20(14-16)27(30)31)25-18-9-11-19(12-10-18)26-24(29)22-15-17-5-1-2-7-21(17)32-22/h1-15H,(H,25,28)(H,26,29). The van der Waals surface area contributed by atoms with Gasteiger partial charge in [0.2, 0.25) is 5.91 Å². The highest BCUT2D eigenvalue weighted by Crippen LogP contribution is 2.21. The average molecular weight is 427 g/mol. The number of hydrogen-bond acceptors (Lipinski definition) is 5. The third kappa shape index (κ3) is 4.88. The van der Waals surface area contributed by atoms with E-state index in [0.29, 0.717) is 22.5 Å². The van der Waals surface area contributed by atoms with Crippen LogP contribution in [0.2, 0.25) is 0 Å². The van der Waals surface area contributed by atoms with Crippen molar-refractivity contribution in [1.82, 2.24) is 0 Å². The third-order valence-electron chi connectivity index (χ3n) is 4.57. The Hall–Kier alpha value is -4.72. The van der Waals surface area contributed by atoms with Crippen LogP contribution in [0.5, 0.6) is 0 Å². The summed E-state index contributed by atoms with van der Waals surface area (Å²) >= 11 is 0. The van der Waals surface area contributed by atoms with Gasteiger partial charge in [-0.2, -0.15) is 0 Å². The summed E-state index contributed by atoms with van der Waals surface area (Å²) < 4.78 is 5.55. The van der Waals surface area contributed by atoms with Gasteiger partial charge in [0, 0.05) is 35.0 Å². The molecular weight excluding hydrogens is 410 g/mol. The molecule has 1 heterocycles. The Labute approximate surface area is 182 Å². The number of amides is 2. The molecular formula is C24H17N3O5. The topological polar surface area (TPSA) is 114 Å². The molecule has 8 heteroatoms. The Morgan fingerprint density at radius 3 is 2.31 bits per heavy atom. The van der Waals surface area contributed by atoms with E-state index in [1.807, 2.05) is 18.2 Å². The second-order valence-corrected chi connectivity index (χ2v) is 6.85. The Morgan fingerprint density at radius 2 is 1.59 bits per heavy atom. The number of furan rings is 1. The van der Waals surface area contributed by atoms with Crippen LogP contribution in [0.1, 0.15) is 16.1 Å². The first-order valence-electron chi connectivity index (χ1n) is 9.61. The highest BCUT2D eigenvalue weighted by Gasteiger charge is 2.12. The largest absolute Gasteiger partial charge is 0.451 e. The molecule has 0 fully saturated rings. The summed E-state index contributed by atoms with van der Waals surface area (Å²) in [6.07, 6.45) is 2.78. The van der Waals surface area contributed by atoms with Gasteiger partial charge in [0.25, 0.3) is 11.6 Å². The monoisotopic (exact) mass is 427 g/mol. The number of carbonyl (C=O) groups excluding carboxylic acids is 2. The molecule has 4 aromatic rings. The van der Waals surface area contributed by atoms with Gasteiger partial charge in [0.15, 0.2) is 5.76 Å². The van der Waals surface area contributed by atoms with Gasteiger partial charge in [0.05, 0.1) is 4.92 Å². The number of nitro benzene ring substituents is 1. The summed E-state index contributed by atoms with van der Waals surface area (Å²) in [5, 5.41) is 17.1. The first-order valence-corrected chi connectivity index (χ1v) is 9.61. The van der Waals surface area contributed by atoms with Gasteiger partial charge in [-0.25, -0.2) is 0 Å². The number of nitrogens with one attached hydrogen (secondary N) is 2. The molecule has 2 amide bonds. The van der Waals surface area contributed by atoms with Crippen molar-refractivity contribution in [3.8, 4) is 0 Å². The van der Waals surface area contributed by atoms with Crippen LogP contribution < -0.4 is 10.6 Å². The molecule has 0 aliphatic heterocycles. The van der Waals surface area contributed by atoms with E-state index in [0.717, 1.165) is 5.39 Å². The van der Waals surface area contributed by atoms with Crippen molar-refractivity contribution < 1.29 is 18.9 Å². The van der Waals surface area contributed by atoms with E-state index in [4.69, 9.17) is 4.42 Å². The molecule has 3 aromatic carbocycles. The van der Waals surface area contributed by atoms with Crippen LogP contribution in [0.15, 0.2) is 89.4 Å². The minimum atomic E-state index is -0.494. The highest BCUT2D eigenvalue weighted by molar-refractivity contribution is 6.05. The molecule has 1 aromatic heterocycles. The maximum Gasteiger partial charge on any atom is 0.291 e. The second-order valence-electron chi connectivity index (χ2n) is 6.85. The predicted octanol–water partition coefficient (Wildman–Crippen LogP) is 5.25. The van der Waals surface area contributed by atoms with Crippen LogP contribution >= 0.6 is 0 Å². The summed E-state index contributed by atoms with van der Waals surface area (Å²) in [4.78, 5) is 34.9. The van der Waals surface area contributed by atoms with E-state index in [1.165, 1.54) is 24.3 Å². The number of para-hydroxylation sites is 1. The first-order chi connectivity index (χ1) is 15.5. The summed E-state index contributed by atoms with van der Waals surface area (Å²) in [5.74, 6) is -0.566. The van der Waals surface area contributed by atoms with Gasteiger partial charge < -0.3 is 15.1 Å². The van der Waals surface area contributed by atoms with Gasteiger partial charge in [-0.15, -0.1) is 0 Å². The van der Waals surface area contributed by atoms with Crippen LogP contribution in [0.3, 0.4) is 0 Å². The van der Waals surface area contributed by atoms with Gasteiger partial charge >= 0.3 is 0 Å². The number of non-ortho nitro benzene ring substituents is 1. The first kappa shape index (κ1) is 20.5. The lowest BCUT2D eigenvalue weighted by atomic mass is 10.2. The fourth-order valence-electron chi connectivity index (χ4n) is 3.02. The summed E-state index contributed by atoms with van der Waals surface area (Å²) in [6, 6.07) is 21.6. The number of nitrogens with zero attached hydrogens (tertiary/aromatic N) is 1. The molecule has 2 N–H and O–H groups in total. The molecule has 8 nitrogen and oxygen atoms in total. The zero-order chi connectivity index (χ0) is 22.5. The van der Waals surface area contributed by atoms with E-state index in [2.05, 4.69) is 10.6 Å². The molecule has 0 spiro atoms. The predicted molar refractivity (Wildman–Crippen MR) is 121 cm³/mol. The van der Waals surface area contributed by atoms with Crippen molar-refractivity contribution in [2.75, 3.05) is 10.6 Å². The molecule has 0 bridgehead atoms. The lowest BCUT2D eigenvalue weighted by molar-refractivity contribution is -0.384. The maximum absolute atomic E-state index is 12.4. The zero-order valence-corrected chi connectivity index (χ0v) is 16.6. The van der Waals surface area contributed by atoms with Crippen LogP contribution in [0.4, 0.5) is 17.1 Å². The molecule has 0 unspecified atom stereocenters. The SMILES string of the molecule is O=C(C=Cc1cccc([N+](=O)[O-])c1)Nc1ccc(NC(=O)c2cc3ccccc3o2)cc1. The maximum atomic E-state index is 12.4. The van der Waals surface area contributed by atoms with Crippen molar-refractivity contribution in [3.63, 3.8) is 0 Å². The lowest BCUT2D eigenvalue weighted by Crippen LogP contribution is -2.11. The fourth-order valence-corrected chi connectivity index (χ4v) is 3.02. The van der Waals surface area contributed by atoms with Crippen LogP contribution in [-0.2, 0) is 4.79 Å². The Balaban J connectivity index is 1.36. The molecule has 0 atom stereocenters. The van der Waals surface area contributed by atoms with Crippen molar-refractivity contribution in [2.45, 2.75) is 0 Å². The minimum Gasteiger partial charge on any atom is -0.451 e. The number of rotatable bonds is 6. The Bertz CT molecular complexity index is 1310. The van der Waals surface area contributed by atoms with Crippen LogP contribution in [0, 0.1) is 10.1 Å². The summed E-state index contributed by atoms with van der Waals surface area (Å²) in [7, 11) is 0. The molecule has 0 aliphatic carbocycles. The normalized spacial score (nSPS) is 10.9. The summed E-state index contributed by atoms with van der Waals surface area (Å²) in [5.41, 5.74) is 2.20. The molecule has 0 saturated carbocycles. The summed E-state index contributed by atoms with van der Waals surface area (Å²) in [6.45, 7) is 0. The van der Waals surface area contributed by atoms with Crippen molar-refractivity contribution in [1.29, 1.82) is 0 Å². The molecule has 0 aliphatic rings. The number of nitro groups is 1. The number of carbonyl (C=O) groups is 2. The second kappa shape index (κ2) is 8.97. The number of benzene rings is 3. The van der Waals surface area contributed by atoms with Crippen molar-refractivity contribution >= 4 is 45.9 Å². The van der Waals surface area contributed by atoms with Crippen LogP contribution in [0.25, 0.3) is 17.0 Å².